The first-order chi connectivity index (χ1) is 9.40. The second-order valence-electron chi connectivity index (χ2n) is 4.51. The van der Waals surface area contributed by atoms with Gasteiger partial charge in [0.2, 0.25) is 0 Å². The fourth-order valence-electron chi connectivity index (χ4n) is 1.90. The van der Waals surface area contributed by atoms with Crippen LogP contribution in [-0.2, 0) is 13.0 Å². The van der Waals surface area contributed by atoms with Crippen LogP contribution in [0.25, 0.3) is 0 Å². The van der Waals surface area contributed by atoms with Crippen molar-refractivity contribution < 1.29 is 4.74 Å². The van der Waals surface area contributed by atoms with Gasteiger partial charge in [-0.05, 0) is 41.4 Å². The Morgan fingerprint density at radius 2 is 2.11 bits per heavy atom. The van der Waals surface area contributed by atoms with Gasteiger partial charge in [0.1, 0.15) is 5.75 Å². The molecule has 0 saturated heterocycles. The number of nitrogens with one attached hydrogen (secondary N) is 1. The Bertz CT molecular complexity index is 467. The zero-order chi connectivity index (χ0) is 13.3. The monoisotopic (exact) mass is 275 g/mol. The molecule has 2 rings (SSSR count). The lowest BCUT2D eigenvalue weighted by Crippen LogP contribution is -2.15. The average Bonchev–Trinajstić information content (AvgIpc) is 2.94. The van der Waals surface area contributed by atoms with Crippen LogP contribution < -0.4 is 10.1 Å². The Morgan fingerprint density at radius 1 is 1.21 bits per heavy atom. The highest BCUT2D eigenvalue weighted by molar-refractivity contribution is 7.07. The van der Waals surface area contributed by atoms with Crippen LogP contribution >= 0.6 is 11.3 Å². The lowest BCUT2D eigenvalue weighted by molar-refractivity contribution is 0.318. The van der Waals surface area contributed by atoms with E-state index in [0.29, 0.717) is 0 Å². The molecule has 0 aliphatic rings. The number of ether oxygens (including phenoxy) is 1. The molecule has 0 saturated carbocycles. The molecule has 0 spiro atoms. The van der Waals surface area contributed by atoms with Crippen LogP contribution in [0.1, 0.15) is 24.5 Å². The molecule has 0 bridgehead atoms. The quantitative estimate of drug-likeness (QED) is 0.738. The molecule has 102 valence electrons. The third kappa shape index (κ3) is 4.69. The number of thiophene rings is 1. The molecule has 0 amide bonds. The van der Waals surface area contributed by atoms with E-state index in [4.69, 9.17) is 4.74 Å². The molecule has 0 aliphatic carbocycles. The van der Waals surface area contributed by atoms with E-state index in [0.717, 1.165) is 38.3 Å². The van der Waals surface area contributed by atoms with Gasteiger partial charge in [-0.2, -0.15) is 11.3 Å². The lowest BCUT2D eigenvalue weighted by atomic mass is 10.2. The van der Waals surface area contributed by atoms with E-state index in [9.17, 15) is 0 Å². The Morgan fingerprint density at radius 3 is 2.89 bits per heavy atom. The van der Waals surface area contributed by atoms with Crippen molar-refractivity contribution in [2.24, 2.45) is 0 Å². The van der Waals surface area contributed by atoms with Crippen LogP contribution in [0.5, 0.6) is 5.75 Å². The Kier molecular flexibility index (Phi) is 5.92. The van der Waals surface area contributed by atoms with Gasteiger partial charge in [-0.3, -0.25) is 0 Å². The largest absolute Gasteiger partial charge is 0.493 e. The Labute approximate surface area is 119 Å². The summed E-state index contributed by atoms with van der Waals surface area (Å²) in [7, 11) is 0. The van der Waals surface area contributed by atoms with Crippen molar-refractivity contribution in [1.29, 1.82) is 0 Å². The summed E-state index contributed by atoms with van der Waals surface area (Å²) in [5.74, 6) is 1.00. The highest BCUT2D eigenvalue weighted by Crippen LogP contribution is 2.18. The van der Waals surface area contributed by atoms with Crippen LogP contribution in [0.15, 0.2) is 41.1 Å². The summed E-state index contributed by atoms with van der Waals surface area (Å²) in [4.78, 5) is 0. The number of para-hydroxylation sites is 1. The van der Waals surface area contributed by atoms with Gasteiger partial charge in [0, 0.05) is 18.5 Å². The van der Waals surface area contributed by atoms with E-state index in [1.807, 2.05) is 6.07 Å². The minimum Gasteiger partial charge on any atom is -0.493 e. The molecule has 1 N–H and O–H groups in total. The molecule has 19 heavy (non-hydrogen) atoms. The number of benzene rings is 1. The normalized spacial score (nSPS) is 10.6. The van der Waals surface area contributed by atoms with Crippen molar-refractivity contribution in [1.82, 2.24) is 5.32 Å². The van der Waals surface area contributed by atoms with Gasteiger partial charge in [0.05, 0.1) is 6.61 Å². The molecule has 0 atom stereocenters. The van der Waals surface area contributed by atoms with Crippen LogP contribution in [0, 0.1) is 0 Å². The fraction of sp³-hybridized carbons (Fsp3) is 0.375. The number of hydrogen-bond acceptors (Lipinski definition) is 3. The first kappa shape index (κ1) is 14.1. The van der Waals surface area contributed by atoms with Gasteiger partial charge >= 0.3 is 0 Å². The molecule has 0 unspecified atom stereocenters. The maximum atomic E-state index is 5.91. The predicted octanol–water partition coefficient (Wildman–Crippen LogP) is 3.87. The summed E-state index contributed by atoms with van der Waals surface area (Å²) in [6.45, 7) is 4.84. The average molecular weight is 275 g/mol. The minimum absolute atomic E-state index is 0.738. The summed E-state index contributed by atoms with van der Waals surface area (Å²) >= 11 is 1.74. The van der Waals surface area contributed by atoms with Gasteiger partial charge in [-0.25, -0.2) is 0 Å². The molecule has 0 fully saturated rings. The number of hydrogen-bond donors (Lipinski definition) is 1. The highest BCUT2D eigenvalue weighted by Gasteiger charge is 2.02. The molecule has 2 nitrogen and oxygen atoms in total. The Balaban J connectivity index is 1.84. The Hall–Kier alpha value is -1.32. The summed E-state index contributed by atoms with van der Waals surface area (Å²) in [5.41, 5.74) is 2.59. The molecule has 1 aromatic carbocycles. The first-order valence-corrected chi connectivity index (χ1v) is 7.77. The molecule has 3 heteroatoms. The van der Waals surface area contributed by atoms with Gasteiger partial charge in [-0.1, -0.05) is 25.1 Å². The SMILES string of the molecule is CCCNCc1ccccc1OCCc1ccsc1. The van der Waals surface area contributed by atoms with Crippen LogP contribution in [0.4, 0.5) is 0 Å². The van der Waals surface area contributed by atoms with E-state index in [2.05, 4.69) is 47.3 Å². The highest BCUT2D eigenvalue weighted by atomic mass is 32.1. The van der Waals surface area contributed by atoms with Crippen LogP contribution in [0.2, 0.25) is 0 Å². The lowest BCUT2D eigenvalue weighted by Gasteiger charge is -2.11. The van der Waals surface area contributed by atoms with E-state index in [1.54, 1.807) is 11.3 Å². The van der Waals surface area contributed by atoms with Crippen molar-refractivity contribution in [2.45, 2.75) is 26.3 Å². The van der Waals surface area contributed by atoms with Gasteiger partial charge < -0.3 is 10.1 Å². The molecule has 2 aromatic rings. The van der Waals surface area contributed by atoms with Crippen molar-refractivity contribution in [2.75, 3.05) is 13.2 Å². The zero-order valence-corrected chi connectivity index (χ0v) is 12.2. The summed E-state index contributed by atoms with van der Waals surface area (Å²) in [6, 6.07) is 10.4. The van der Waals surface area contributed by atoms with Gasteiger partial charge in [0.25, 0.3) is 0 Å². The maximum absolute atomic E-state index is 5.91. The van der Waals surface area contributed by atoms with Crippen LogP contribution in [-0.4, -0.2) is 13.2 Å². The van der Waals surface area contributed by atoms with E-state index < -0.39 is 0 Å². The third-order valence-corrected chi connectivity index (χ3v) is 3.68. The van der Waals surface area contributed by atoms with E-state index in [1.165, 1.54) is 11.1 Å². The van der Waals surface area contributed by atoms with Crippen LogP contribution in [0.3, 0.4) is 0 Å². The van der Waals surface area contributed by atoms with Crippen molar-refractivity contribution >= 4 is 11.3 Å². The number of rotatable bonds is 8. The third-order valence-electron chi connectivity index (χ3n) is 2.94. The van der Waals surface area contributed by atoms with Gasteiger partial charge in [0.15, 0.2) is 0 Å². The maximum Gasteiger partial charge on any atom is 0.123 e. The summed E-state index contributed by atoms with van der Waals surface area (Å²) < 4.78 is 5.91. The molecule has 1 heterocycles. The summed E-state index contributed by atoms with van der Waals surface area (Å²) in [5, 5.41) is 7.71. The second-order valence-corrected chi connectivity index (χ2v) is 5.29. The predicted molar refractivity (Wildman–Crippen MR) is 82.0 cm³/mol. The van der Waals surface area contributed by atoms with Crippen molar-refractivity contribution in [3.05, 3.63) is 52.2 Å². The summed E-state index contributed by atoms with van der Waals surface area (Å²) in [6.07, 6.45) is 2.13. The standard InChI is InChI=1S/C16H21NOS/c1-2-9-17-12-15-5-3-4-6-16(15)18-10-7-14-8-11-19-13-14/h3-6,8,11,13,17H,2,7,9-10,12H2,1H3. The molecular formula is C16H21NOS. The van der Waals surface area contributed by atoms with Crippen molar-refractivity contribution in [3.8, 4) is 5.75 Å². The fourth-order valence-corrected chi connectivity index (χ4v) is 2.61. The second kappa shape index (κ2) is 7.97. The molecule has 0 aliphatic heterocycles. The zero-order valence-electron chi connectivity index (χ0n) is 11.4. The molecule has 0 radical (unpaired) electrons. The van der Waals surface area contributed by atoms with Crippen molar-refractivity contribution in [3.63, 3.8) is 0 Å². The molecular weight excluding hydrogens is 254 g/mol. The van der Waals surface area contributed by atoms with E-state index >= 15 is 0 Å². The smallest absolute Gasteiger partial charge is 0.123 e. The van der Waals surface area contributed by atoms with E-state index in [-0.39, 0.29) is 0 Å². The first-order valence-electron chi connectivity index (χ1n) is 6.82. The minimum atomic E-state index is 0.738. The topological polar surface area (TPSA) is 21.3 Å². The van der Waals surface area contributed by atoms with Gasteiger partial charge in [-0.15, -0.1) is 0 Å². The molecule has 1 aromatic heterocycles.